The van der Waals surface area contributed by atoms with Crippen LogP contribution in [-0.4, -0.2) is 115 Å². The van der Waals surface area contributed by atoms with Gasteiger partial charge in [0.2, 0.25) is 0 Å². The van der Waals surface area contributed by atoms with Crippen LogP contribution < -0.4 is 0 Å². The molecule has 6 aromatic rings. The van der Waals surface area contributed by atoms with E-state index >= 15 is 0 Å². The number of likely N-dealkylation sites (tertiary alicyclic amines) is 2. The number of aryl methyl sites for hydroxylation is 3. The number of carbonyl (C=O) groups excluding carboxylic acids is 2. The summed E-state index contributed by atoms with van der Waals surface area (Å²) in [5.41, 5.74) is 5.47. The standard InChI is InChI=1S/C27H34N4O.C25H29F3N4O/c1-19-18-23(31-20(2)28-25-10-6-7-11-26(25)31)12-13-24(19)27(32)29(3)21-14-16-30(17-15-21)22-8-4-5-9-22;1-16(2)31-13-11-18(12-14-31)30(4)24(33)20-10-9-19(15-21(20)25(26,27)28)32-17(3)29-22-7-5-6-8-23(22)32/h6-7,10-13,18,21-22H,4-5,8-9,14-17H2,1-3H3;5-10,15-16,18H,11-14H2,1-4H3. The van der Waals surface area contributed by atoms with Gasteiger partial charge in [-0.3, -0.25) is 18.7 Å². The normalized spacial score (nSPS) is 17.2. The summed E-state index contributed by atoms with van der Waals surface area (Å²) >= 11 is 0. The molecule has 9 rings (SSSR count). The van der Waals surface area contributed by atoms with E-state index in [1.807, 2.05) is 74.3 Å². The van der Waals surface area contributed by atoms with Crippen LogP contribution in [0.1, 0.15) is 109 Å². The molecule has 2 aromatic heterocycles. The molecule has 0 N–H and O–H groups in total. The molecule has 10 nitrogen and oxygen atoms in total. The number of para-hydroxylation sites is 4. The Bertz CT molecular complexity index is 2650. The molecule has 0 spiro atoms. The molecule has 344 valence electrons. The molecule has 0 radical (unpaired) electrons. The summed E-state index contributed by atoms with van der Waals surface area (Å²) in [5.74, 6) is 1.08. The van der Waals surface area contributed by atoms with Gasteiger partial charge >= 0.3 is 6.18 Å². The van der Waals surface area contributed by atoms with Crippen LogP contribution in [0.4, 0.5) is 13.2 Å². The number of alkyl halides is 3. The maximum Gasteiger partial charge on any atom is 0.417 e. The van der Waals surface area contributed by atoms with Crippen molar-refractivity contribution in [2.24, 2.45) is 0 Å². The molecule has 3 fully saturated rings. The lowest BCUT2D eigenvalue weighted by molar-refractivity contribution is -0.138. The van der Waals surface area contributed by atoms with Gasteiger partial charge < -0.3 is 19.6 Å². The van der Waals surface area contributed by atoms with E-state index in [-0.39, 0.29) is 17.5 Å². The number of halogens is 3. The Labute approximate surface area is 381 Å². The second-order valence-electron chi connectivity index (χ2n) is 18.6. The third kappa shape index (κ3) is 9.59. The largest absolute Gasteiger partial charge is 0.417 e. The number of rotatable bonds is 8. The minimum absolute atomic E-state index is 0.0758. The first kappa shape index (κ1) is 46.0. The summed E-state index contributed by atoms with van der Waals surface area (Å²) < 4.78 is 46.1. The smallest absolute Gasteiger partial charge is 0.339 e. The minimum atomic E-state index is -4.66. The van der Waals surface area contributed by atoms with Crippen LogP contribution in [0.25, 0.3) is 33.4 Å². The summed E-state index contributed by atoms with van der Waals surface area (Å²) in [6.07, 6.45) is 4.48. The number of fused-ring (bicyclic) bond motifs is 2. The van der Waals surface area contributed by atoms with Crippen LogP contribution in [0.2, 0.25) is 0 Å². The zero-order valence-corrected chi connectivity index (χ0v) is 38.9. The number of imidazole rings is 2. The SMILES string of the molecule is Cc1cc(-n2c(C)nc3ccccc32)ccc1C(=O)N(C)C1CCN(C2CCCC2)CC1.Cc1nc2ccccc2n1-c1ccc(C(=O)N(C)C2CCN(C(C)C)CC2)c(C(F)(F)F)c1. The molecule has 0 unspecified atom stereocenters. The molecule has 13 heteroatoms. The van der Waals surface area contributed by atoms with Crippen molar-refractivity contribution >= 4 is 33.9 Å². The van der Waals surface area contributed by atoms with Gasteiger partial charge in [-0.05, 0) is 139 Å². The summed E-state index contributed by atoms with van der Waals surface area (Å²) in [4.78, 5) is 44.2. The lowest BCUT2D eigenvalue weighted by Crippen LogP contribution is -2.48. The lowest BCUT2D eigenvalue weighted by Gasteiger charge is -2.39. The van der Waals surface area contributed by atoms with Gasteiger partial charge in [0.25, 0.3) is 11.8 Å². The van der Waals surface area contributed by atoms with E-state index in [1.165, 1.54) is 36.6 Å². The number of hydrogen-bond donors (Lipinski definition) is 0. The van der Waals surface area contributed by atoms with Crippen molar-refractivity contribution in [1.29, 1.82) is 0 Å². The quantitative estimate of drug-likeness (QED) is 0.151. The van der Waals surface area contributed by atoms with E-state index in [1.54, 1.807) is 24.6 Å². The van der Waals surface area contributed by atoms with Crippen LogP contribution in [0, 0.1) is 20.8 Å². The van der Waals surface area contributed by atoms with Crippen molar-refractivity contribution in [2.75, 3.05) is 40.3 Å². The van der Waals surface area contributed by atoms with Gasteiger partial charge in [-0.25, -0.2) is 9.97 Å². The molecule has 2 saturated heterocycles. The van der Waals surface area contributed by atoms with Gasteiger partial charge in [0.1, 0.15) is 11.6 Å². The zero-order valence-electron chi connectivity index (χ0n) is 38.9. The van der Waals surface area contributed by atoms with E-state index in [9.17, 15) is 22.8 Å². The second-order valence-corrected chi connectivity index (χ2v) is 18.6. The van der Waals surface area contributed by atoms with Gasteiger partial charge in [0.05, 0.1) is 33.2 Å². The number of benzene rings is 4. The Balaban J connectivity index is 0.000000177. The van der Waals surface area contributed by atoms with Crippen LogP contribution in [-0.2, 0) is 6.18 Å². The molecule has 65 heavy (non-hydrogen) atoms. The zero-order chi connectivity index (χ0) is 46.2. The maximum absolute atomic E-state index is 14.1. The molecule has 0 atom stereocenters. The Hall–Kier alpha value is -5.53. The number of carbonyl (C=O) groups is 2. The number of nitrogens with zero attached hydrogens (tertiary/aromatic N) is 8. The van der Waals surface area contributed by atoms with Gasteiger partial charge in [-0.2, -0.15) is 13.2 Å². The lowest BCUT2D eigenvalue weighted by atomic mass is 9.99. The average molecular weight is 889 g/mol. The molecule has 2 aliphatic heterocycles. The monoisotopic (exact) mass is 889 g/mol. The topological polar surface area (TPSA) is 82.7 Å². The van der Waals surface area contributed by atoms with Crippen molar-refractivity contribution < 1.29 is 22.8 Å². The number of aromatic nitrogens is 4. The van der Waals surface area contributed by atoms with Gasteiger partial charge in [-0.15, -0.1) is 0 Å². The highest BCUT2D eigenvalue weighted by Crippen LogP contribution is 2.36. The molecule has 1 aliphatic carbocycles. The van der Waals surface area contributed by atoms with E-state index in [4.69, 9.17) is 0 Å². The molecule has 1 saturated carbocycles. The van der Waals surface area contributed by atoms with Crippen molar-refractivity contribution in [3.63, 3.8) is 0 Å². The van der Waals surface area contributed by atoms with Crippen LogP contribution in [0.5, 0.6) is 0 Å². The molecule has 2 amide bonds. The first-order valence-corrected chi connectivity index (χ1v) is 23.3. The molecule has 4 heterocycles. The number of hydrogen-bond acceptors (Lipinski definition) is 6. The highest BCUT2D eigenvalue weighted by atomic mass is 19.4. The molecular weight excluding hydrogens is 826 g/mol. The van der Waals surface area contributed by atoms with Gasteiger partial charge in [0.15, 0.2) is 0 Å². The minimum Gasteiger partial charge on any atom is -0.339 e. The van der Waals surface area contributed by atoms with Crippen molar-refractivity contribution in [2.45, 2.75) is 116 Å². The molecule has 3 aliphatic rings. The summed E-state index contributed by atoms with van der Waals surface area (Å²) in [6.45, 7) is 14.0. The predicted molar refractivity (Wildman–Crippen MR) is 252 cm³/mol. The van der Waals surface area contributed by atoms with E-state index < -0.39 is 17.6 Å². The summed E-state index contributed by atoms with van der Waals surface area (Å²) in [7, 11) is 3.60. The fourth-order valence-corrected chi connectivity index (χ4v) is 10.5. The third-order valence-electron chi connectivity index (χ3n) is 14.3. The fourth-order valence-electron chi connectivity index (χ4n) is 10.5. The van der Waals surface area contributed by atoms with Crippen molar-refractivity contribution in [3.05, 3.63) is 119 Å². The van der Waals surface area contributed by atoms with Crippen molar-refractivity contribution in [3.8, 4) is 11.4 Å². The number of amides is 2. The van der Waals surface area contributed by atoms with Crippen LogP contribution in [0.3, 0.4) is 0 Å². The van der Waals surface area contributed by atoms with E-state index in [2.05, 4.69) is 56.4 Å². The van der Waals surface area contributed by atoms with Crippen LogP contribution >= 0.6 is 0 Å². The molecule has 0 bridgehead atoms. The fraction of sp³-hybridized carbons (Fsp3) is 0.462. The first-order chi connectivity index (χ1) is 31.1. The van der Waals surface area contributed by atoms with Crippen LogP contribution in [0.15, 0.2) is 84.9 Å². The molecule has 4 aromatic carbocycles. The van der Waals surface area contributed by atoms with Crippen molar-refractivity contribution in [1.82, 2.24) is 38.7 Å². The third-order valence-corrected chi connectivity index (χ3v) is 14.3. The predicted octanol–water partition coefficient (Wildman–Crippen LogP) is 10.4. The Kier molecular flexibility index (Phi) is 13.5. The maximum atomic E-state index is 14.1. The van der Waals surface area contributed by atoms with Gasteiger partial charge in [-0.1, -0.05) is 37.1 Å². The summed E-state index contributed by atoms with van der Waals surface area (Å²) in [6, 6.07) is 27.0. The Morgan fingerprint density at radius 1 is 0.631 bits per heavy atom. The highest BCUT2D eigenvalue weighted by molar-refractivity contribution is 5.97. The Morgan fingerprint density at radius 2 is 1.09 bits per heavy atom. The number of piperidine rings is 2. The Morgan fingerprint density at radius 3 is 1.58 bits per heavy atom. The molecular formula is C52H63F3N8O2. The highest BCUT2D eigenvalue weighted by Gasteiger charge is 2.38. The van der Waals surface area contributed by atoms with Gasteiger partial charge in [0, 0.05) is 81.4 Å². The second kappa shape index (κ2) is 19.1. The average Bonchev–Trinajstić information content (AvgIpc) is 4.05. The first-order valence-electron chi connectivity index (χ1n) is 23.3. The summed E-state index contributed by atoms with van der Waals surface area (Å²) in [5, 5.41) is 0. The van der Waals surface area contributed by atoms with E-state index in [0.29, 0.717) is 29.1 Å². The van der Waals surface area contributed by atoms with E-state index in [0.717, 1.165) is 103 Å².